The van der Waals surface area contributed by atoms with E-state index in [1.807, 2.05) is 18.2 Å². The van der Waals surface area contributed by atoms with Crippen LogP contribution in [0, 0.1) is 0 Å². The molecule has 2 heterocycles. The fraction of sp³-hybridized carbons (Fsp3) is 0.357. The minimum Gasteiger partial charge on any atom is -0.493 e. The molecule has 3 rings (SSSR count). The number of nitrogen functional groups attached to an aromatic ring is 1. The van der Waals surface area contributed by atoms with Crippen LogP contribution in [0.1, 0.15) is 6.42 Å². The van der Waals surface area contributed by atoms with Gasteiger partial charge in [-0.1, -0.05) is 11.2 Å². The topological polar surface area (TPSA) is 79.7 Å². The van der Waals surface area contributed by atoms with Gasteiger partial charge in [0.15, 0.2) is 11.5 Å². The van der Waals surface area contributed by atoms with Crippen molar-refractivity contribution in [3.8, 4) is 22.6 Å². The third-order valence-corrected chi connectivity index (χ3v) is 3.25. The van der Waals surface area contributed by atoms with Crippen molar-refractivity contribution in [3.63, 3.8) is 0 Å². The summed E-state index contributed by atoms with van der Waals surface area (Å²) in [6, 6.07) is 5.61. The second-order valence-corrected chi connectivity index (χ2v) is 4.57. The number of anilines is 1. The summed E-state index contributed by atoms with van der Waals surface area (Å²) in [5, 5.41) is 3.67. The van der Waals surface area contributed by atoms with Gasteiger partial charge in [0.05, 0.1) is 32.1 Å². The maximum Gasteiger partial charge on any atom is 0.229 e. The van der Waals surface area contributed by atoms with Gasteiger partial charge in [-0.3, -0.25) is 0 Å². The van der Waals surface area contributed by atoms with Crippen molar-refractivity contribution < 1.29 is 18.7 Å². The first-order valence-electron chi connectivity index (χ1n) is 6.41. The number of benzene rings is 1. The molecule has 0 spiro atoms. The Bertz CT molecular complexity index is 591. The fourth-order valence-corrected chi connectivity index (χ4v) is 2.18. The summed E-state index contributed by atoms with van der Waals surface area (Å²) in [5.74, 6) is 1.63. The molecule has 20 heavy (non-hydrogen) atoms. The highest BCUT2D eigenvalue weighted by atomic mass is 16.6. The molecule has 2 aromatic rings. The van der Waals surface area contributed by atoms with E-state index in [-0.39, 0.29) is 12.0 Å². The van der Waals surface area contributed by atoms with E-state index >= 15 is 0 Å². The lowest BCUT2D eigenvalue weighted by Crippen LogP contribution is -2.16. The lowest BCUT2D eigenvalue weighted by Gasteiger charge is -2.15. The lowest BCUT2D eigenvalue weighted by atomic mass is 10.1. The molecule has 0 aliphatic carbocycles. The molecular weight excluding hydrogens is 260 g/mol. The Balaban J connectivity index is 1.87. The predicted molar refractivity (Wildman–Crippen MR) is 72.8 cm³/mol. The smallest absolute Gasteiger partial charge is 0.229 e. The summed E-state index contributed by atoms with van der Waals surface area (Å²) >= 11 is 0. The number of ether oxygens (including phenoxy) is 3. The second-order valence-electron chi connectivity index (χ2n) is 4.57. The van der Waals surface area contributed by atoms with Crippen LogP contribution in [-0.4, -0.2) is 31.6 Å². The largest absolute Gasteiger partial charge is 0.493 e. The highest BCUT2D eigenvalue weighted by Crippen LogP contribution is 2.35. The molecule has 1 aromatic carbocycles. The lowest BCUT2D eigenvalue weighted by molar-refractivity contribution is 0.138. The quantitative estimate of drug-likeness (QED) is 0.921. The van der Waals surface area contributed by atoms with Gasteiger partial charge in [-0.05, 0) is 17.7 Å². The van der Waals surface area contributed by atoms with Crippen LogP contribution in [0.4, 0.5) is 5.88 Å². The number of hydrogen-bond donors (Lipinski definition) is 1. The Hall–Kier alpha value is -2.21. The molecule has 1 aliphatic rings. The average molecular weight is 276 g/mol. The van der Waals surface area contributed by atoms with Crippen molar-refractivity contribution >= 4 is 5.88 Å². The molecule has 1 saturated heterocycles. The summed E-state index contributed by atoms with van der Waals surface area (Å²) in [6.07, 6.45) is 2.55. The number of aromatic nitrogens is 1. The molecular formula is C14H16N2O4. The third-order valence-electron chi connectivity index (χ3n) is 3.25. The van der Waals surface area contributed by atoms with Crippen LogP contribution in [0.3, 0.4) is 0 Å². The van der Waals surface area contributed by atoms with Crippen LogP contribution in [0.25, 0.3) is 11.1 Å². The predicted octanol–water partition coefficient (Wildman–Crippen LogP) is 2.10. The van der Waals surface area contributed by atoms with Gasteiger partial charge in [0.1, 0.15) is 6.10 Å². The molecule has 0 amide bonds. The van der Waals surface area contributed by atoms with Gasteiger partial charge in [-0.15, -0.1) is 0 Å². The molecule has 6 nitrogen and oxygen atoms in total. The Morgan fingerprint density at radius 3 is 2.90 bits per heavy atom. The fourth-order valence-electron chi connectivity index (χ4n) is 2.18. The van der Waals surface area contributed by atoms with E-state index in [1.54, 1.807) is 13.3 Å². The van der Waals surface area contributed by atoms with Crippen molar-refractivity contribution in [2.45, 2.75) is 12.5 Å². The summed E-state index contributed by atoms with van der Waals surface area (Å²) in [4.78, 5) is 0. The van der Waals surface area contributed by atoms with E-state index < -0.39 is 0 Å². The van der Waals surface area contributed by atoms with Crippen LogP contribution in [0.15, 0.2) is 28.9 Å². The zero-order chi connectivity index (χ0) is 13.9. The van der Waals surface area contributed by atoms with Gasteiger partial charge in [0, 0.05) is 6.42 Å². The van der Waals surface area contributed by atoms with E-state index in [1.165, 1.54) is 0 Å². The Morgan fingerprint density at radius 1 is 1.35 bits per heavy atom. The van der Waals surface area contributed by atoms with Crippen molar-refractivity contribution in [1.82, 2.24) is 5.16 Å². The van der Waals surface area contributed by atoms with Crippen LogP contribution in [0.2, 0.25) is 0 Å². The number of hydrogen-bond acceptors (Lipinski definition) is 6. The Morgan fingerprint density at radius 2 is 2.25 bits per heavy atom. The normalized spacial score (nSPS) is 18.1. The third kappa shape index (κ3) is 2.42. The molecule has 1 fully saturated rings. The van der Waals surface area contributed by atoms with Crippen molar-refractivity contribution in [2.75, 3.05) is 26.1 Å². The summed E-state index contributed by atoms with van der Waals surface area (Å²) < 4.78 is 21.4. The van der Waals surface area contributed by atoms with Gasteiger partial charge in [-0.25, -0.2) is 0 Å². The molecule has 0 bridgehead atoms. The average Bonchev–Trinajstić information content (AvgIpc) is 3.11. The first kappa shape index (κ1) is 12.8. The van der Waals surface area contributed by atoms with Crippen LogP contribution < -0.4 is 15.2 Å². The molecule has 6 heteroatoms. The number of nitrogens with two attached hydrogens (primary N) is 1. The summed E-state index contributed by atoms with van der Waals surface area (Å²) in [6.45, 7) is 1.35. The highest BCUT2D eigenvalue weighted by Gasteiger charge is 2.19. The number of nitrogens with zero attached hydrogens (tertiary/aromatic N) is 1. The number of methoxy groups -OCH3 is 1. The minimum atomic E-state index is 0.0791. The van der Waals surface area contributed by atoms with Crippen molar-refractivity contribution in [3.05, 3.63) is 24.4 Å². The van der Waals surface area contributed by atoms with Crippen LogP contribution in [0.5, 0.6) is 11.5 Å². The SMILES string of the molecule is COc1cc(-c2cnoc2N)ccc1OC1CCOC1. The minimum absolute atomic E-state index is 0.0791. The molecule has 1 atom stereocenters. The molecule has 0 radical (unpaired) electrons. The molecule has 106 valence electrons. The van der Waals surface area contributed by atoms with Gasteiger partial charge in [0.2, 0.25) is 5.88 Å². The van der Waals surface area contributed by atoms with Gasteiger partial charge < -0.3 is 24.5 Å². The zero-order valence-electron chi connectivity index (χ0n) is 11.2. The van der Waals surface area contributed by atoms with E-state index in [0.717, 1.165) is 24.2 Å². The van der Waals surface area contributed by atoms with E-state index in [2.05, 4.69) is 5.16 Å². The van der Waals surface area contributed by atoms with Crippen molar-refractivity contribution in [2.24, 2.45) is 0 Å². The van der Waals surface area contributed by atoms with E-state index in [0.29, 0.717) is 18.1 Å². The maximum atomic E-state index is 5.88. The van der Waals surface area contributed by atoms with Crippen molar-refractivity contribution in [1.29, 1.82) is 0 Å². The molecule has 1 unspecified atom stereocenters. The van der Waals surface area contributed by atoms with Gasteiger partial charge in [-0.2, -0.15) is 0 Å². The molecule has 1 aromatic heterocycles. The molecule has 2 N–H and O–H groups in total. The summed E-state index contributed by atoms with van der Waals surface area (Å²) in [7, 11) is 1.61. The van der Waals surface area contributed by atoms with E-state index in [9.17, 15) is 0 Å². The molecule has 1 aliphatic heterocycles. The van der Waals surface area contributed by atoms with Gasteiger partial charge >= 0.3 is 0 Å². The highest BCUT2D eigenvalue weighted by molar-refractivity contribution is 5.74. The van der Waals surface area contributed by atoms with Crippen LogP contribution >= 0.6 is 0 Å². The first-order chi connectivity index (χ1) is 9.78. The second kappa shape index (κ2) is 5.42. The zero-order valence-corrected chi connectivity index (χ0v) is 11.2. The van der Waals surface area contributed by atoms with Crippen LogP contribution in [-0.2, 0) is 4.74 Å². The summed E-state index contributed by atoms with van der Waals surface area (Å²) in [5.41, 5.74) is 7.32. The maximum absolute atomic E-state index is 5.88. The first-order valence-corrected chi connectivity index (χ1v) is 6.41. The standard InChI is InChI=1S/C14H16N2O4/c1-17-13-6-9(11-7-16-20-14(11)15)2-3-12(13)19-10-4-5-18-8-10/h2-3,6-7,10H,4-5,8,15H2,1H3. The van der Waals surface area contributed by atoms with E-state index in [4.69, 9.17) is 24.5 Å². The monoisotopic (exact) mass is 276 g/mol. The Kier molecular flexibility index (Phi) is 3.47. The number of rotatable bonds is 4. The van der Waals surface area contributed by atoms with Gasteiger partial charge in [0.25, 0.3) is 0 Å². The Labute approximate surface area is 116 Å². The molecule has 0 saturated carbocycles.